The minimum absolute atomic E-state index is 0.0526. The molecule has 0 radical (unpaired) electrons. The highest BCUT2D eigenvalue weighted by Gasteiger charge is 2.40. The SMILES string of the molecule is CCCC(C)(NCC(=O)C(C)(CC)NC(COC(=O)NCCC(=O)NC(C)C(=O)OCCN(C)C(=O)Oc1ccc2nc3c(c(CC)c2c1)Cn1c-3cc2c(c1=O)COC(=O)[C@H]2CC)C(=O)NC(C)(C)CCOC(C)(C)C)C(=O)CCNC(=O)CC(C)(C)C. The molecule has 4 unspecified atom stereocenters. The Morgan fingerprint density at radius 3 is 2.16 bits per heavy atom. The fourth-order valence-electron chi connectivity index (χ4n) is 10.6. The van der Waals surface area contributed by atoms with Crippen molar-refractivity contribution in [2.75, 3.05) is 53.0 Å². The third kappa shape index (κ3) is 20.1. The van der Waals surface area contributed by atoms with Crippen molar-refractivity contribution < 1.29 is 66.8 Å². The summed E-state index contributed by atoms with van der Waals surface area (Å²) in [6.07, 6.45) is 1.20. The molecule has 0 spiro atoms. The number of fused-ring (bicyclic) bond motifs is 5. The first-order chi connectivity index (χ1) is 41.6. The molecule has 0 aliphatic carbocycles. The molecule has 5 atom stereocenters. The van der Waals surface area contributed by atoms with Crippen LogP contribution in [-0.2, 0) is 72.1 Å². The third-order valence-corrected chi connectivity index (χ3v) is 16.1. The van der Waals surface area contributed by atoms with Crippen LogP contribution in [0.5, 0.6) is 5.75 Å². The number of amides is 5. The minimum Gasteiger partial charge on any atom is -0.462 e. The summed E-state index contributed by atoms with van der Waals surface area (Å²) < 4.78 is 29.5. The Kier molecular flexibility index (Phi) is 25.2. The number of aromatic nitrogens is 2. The maximum absolute atomic E-state index is 14.2. The van der Waals surface area contributed by atoms with Gasteiger partial charge >= 0.3 is 24.1 Å². The quantitative estimate of drug-likeness (QED) is 0.0222. The molecule has 3 aromatic rings. The fourth-order valence-corrected chi connectivity index (χ4v) is 10.6. The number of ketones is 2. The topological polar surface area (TPSA) is 310 Å². The summed E-state index contributed by atoms with van der Waals surface area (Å²) in [7, 11) is 1.47. The first-order valence-corrected chi connectivity index (χ1v) is 31.1. The number of esters is 2. The lowest BCUT2D eigenvalue weighted by Gasteiger charge is -2.36. The largest absolute Gasteiger partial charge is 0.462 e. The fraction of sp³-hybridized carbons (Fsp3) is 0.646. The van der Waals surface area contributed by atoms with Crippen molar-refractivity contribution in [3.05, 3.63) is 56.9 Å². The monoisotopic (exact) mass is 1240 g/mol. The van der Waals surface area contributed by atoms with Crippen molar-refractivity contribution in [2.24, 2.45) is 5.41 Å². The molecule has 4 heterocycles. The number of ether oxygens (including phenoxy) is 5. The average molecular weight is 1240 g/mol. The molecule has 492 valence electrons. The molecule has 2 aromatic heterocycles. The zero-order valence-corrected chi connectivity index (χ0v) is 55.2. The number of pyridine rings is 2. The molecule has 0 fully saturated rings. The van der Waals surface area contributed by atoms with Crippen LogP contribution in [0.3, 0.4) is 0 Å². The summed E-state index contributed by atoms with van der Waals surface area (Å²) >= 11 is 0. The number of benzene rings is 1. The van der Waals surface area contributed by atoms with Crippen LogP contribution in [0.1, 0.15) is 183 Å². The van der Waals surface area contributed by atoms with Crippen molar-refractivity contribution in [3.63, 3.8) is 0 Å². The van der Waals surface area contributed by atoms with Crippen LogP contribution in [0, 0.1) is 5.41 Å². The Bertz CT molecular complexity index is 3160. The van der Waals surface area contributed by atoms with Crippen molar-refractivity contribution in [3.8, 4) is 17.1 Å². The first kappa shape index (κ1) is 72.4. The lowest BCUT2D eigenvalue weighted by molar-refractivity contribution is -0.148. The van der Waals surface area contributed by atoms with Crippen LogP contribution in [0.15, 0.2) is 29.1 Å². The van der Waals surface area contributed by atoms with E-state index in [1.54, 1.807) is 43.5 Å². The Morgan fingerprint density at radius 2 is 1.52 bits per heavy atom. The van der Waals surface area contributed by atoms with Crippen molar-refractivity contribution in [1.82, 2.24) is 46.4 Å². The lowest BCUT2D eigenvalue weighted by atomic mass is 9.87. The summed E-state index contributed by atoms with van der Waals surface area (Å²) in [5.41, 5.74) is 0.819. The predicted octanol–water partition coefficient (Wildman–Crippen LogP) is 6.59. The summed E-state index contributed by atoms with van der Waals surface area (Å²) in [6.45, 7) is 27.1. The van der Waals surface area contributed by atoms with E-state index in [-0.39, 0.29) is 105 Å². The highest BCUT2D eigenvalue weighted by atomic mass is 16.6. The molecule has 2 aliphatic rings. The van der Waals surface area contributed by atoms with Gasteiger partial charge in [-0.15, -0.1) is 0 Å². The van der Waals surface area contributed by atoms with Gasteiger partial charge in [0.15, 0.2) is 11.6 Å². The molecule has 24 nitrogen and oxygen atoms in total. The van der Waals surface area contributed by atoms with Gasteiger partial charge in [0.2, 0.25) is 17.7 Å². The third-order valence-electron chi connectivity index (χ3n) is 16.1. The average Bonchev–Trinajstić information content (AvgIpc) is 1.62. The number of cyclic esters (lactones) is 1. The number of carbonyl (C=O) groups is 9. The van der Waals surface area contributed by atoms with Gasteiger partial charge in [-0.05, 0) is 128 Å². The molecule has 0 bridgehead atoms. The molecule has 6 N–H and O–H groups in total. The highest BCUT2D eigenvalue weighted by molar-refractivity contribution is 5.94. The molecule has 24 heteroatoms. The Hall–Kier alpha value is -7.31. The number of carbonyl (C=O) groups excluding carboxylic acids is 9. The van der Waals surface area contributed by atoms with Gasteiger partial charge < -0.3 is 54.4 Å². The van der Waals surface area contributed by atoms with Crippen LogP contribution >= 0.6 is 0 Å². The lowest BCUT2D eigenvalue weighted by Crippen LogP contribution is -2.63. The second-order valence-corrected chi connectivity index (χ2v) is 26.5. The summed E-state index contributed by atoms with van der Waals surface area (Å²) in [6, 6.07) is 4.62. The number of nitrogens with one attached hydrogen (secondary N) is 6. The molecule has 0 saturated heterocycles. The first-order valence-electron chi connectivity index (χ1n) is 31.1. The number of rotatable bonds is 32. The number of aryl methyl sites for hydroxylation is 1. The normalized spacial score (nSPS) is 15.8. The molecule has 1 aromatic carbocycles. The zero-order valence-electron chi connectivity index (χ0n) is 55.2. The molecule has 2 aliphatic heterocycles. The number of hydrogen-bond acceptors (Lipinski definition) is 18. The van der Waals surface area contributed by atoms with Crippen molar-refractivity contribution >= 4 is 64.3 Å². The van der Waals surface area contributed by atoms with Gasteiger partial charge in [0.05, 0.1) is 64.7 Å². The second-order valence-electron chi connectivity index (χ2n) is 26.5. The number of hydrogen-bond donors (Lipinski definition) is 6. The standard InChI is InChI=1S/C65H97N9O15/c1-17-25-65(15,50(75)23-27-66-53(78)34-61(6,7)8)68-35-51(76)64(14,20-4)71-48(55(79)72-63(12,13)26-30-88-62(9,10)11)38-87-59(83)67-28-24-52(77)69-39(5)57(81)85-31-29-73(16)60(84)89-40-21-22-47-44(32-40)41(18-2)45-36-74-49(54(45)70-47)33-43-42(19-3)58(82)86-37-46(43)56(74)80/h21-22,32-33,39,42,48,68,71H,17-20,23-31,34-38H2,1-16H3,(H,66,78)(H,67,83)(H,69,77)(H,72,79)/t39?,42-,48?,64?,65?/m0/s1. The summed E-state index contributed by atoms with van der Waals surface area (Å²) in [5.74, 6) is -3.25. The number of alkyl carbamates (subject to hydrolysis) is 1. The van der Waals surface area contributed by atoms with E-state index in [0.717, 1.165) is 16.5 Å². The summed E-state index contributed by atoms with van der Waals surface area (Å²) in [5, 5.41) is 17.9. The smallest absolute Gasteiger partial charge is 0.415 e. The van der Waals surface area contributed by atoms with E-state index in [1.807, 2.05) is 82.2 Å². The maximum atomic E-state index is 14.2. The number of Topliss-reactive ketones (excluding diaryl/α,β-unsaturated/α-hetero) is 2. The maximum Gasteiger partial charge on any atom is 0.415 e. The Labute approximate surface area is 523 Å². The molecular formula is C65H97N9O15. The predicted molar refractivity (Wildman–Crippen MR) is 335 cm³/mol. The summed E-state index contributed by atoms with van der Waals surface area (Å²) in [4.78, 5) is 139. The van der Waals surface area contributed by atoms with Crippen LogP contribution in [0.2, 0.25) is 0 Å². The van der Waals surface area contributed by atoms with E-state index in [4.69, 9.17) is 28.7 Å². The van der Waals surface area contributed by atoms with Gasteiger partial charge in [-0.3, -0.25) is 44.2 Å². The molecule has 0 saturated carbocycles. The van der Waals surface area contributed by atoms with E-state index in [1.165, 1.54) is 18.9 Å². The minimum atomic E-state index is -1.36. The van der Waals surface area contributed by atoms with E-state index < -0.39 is 76.8 Å². The van der Waals surface area contributed by atoms with E-state index in [9.17, 15) is 47.9 Å². The van der Waals surface area contributed by atoms with Crippen molar-refractivity contribution in [2.45, 2.75) is 215 Å². The molecule has 5 amide bonds. The van der Waals surface area contributed by atoms with Crippen LogP contribution in [0.25, 0.3) is 22.3 Å². The Balaban J connectivity index is 1.11. The van der Waals surface area contributed by atoms with Gasteiger partial charge in [0.25, 0.3) is 5.56 Å². The van der Waals surface area contributed by atoms with Crippen LogP contribution in [0.4, 0.5) is 9.59 Å². The second kappa shape index (κ2) is 30.9. The van der Waals surface area contributed by atoms with E-state index >= 15 is 0 Å². The van der Waals surface area contributed by atoms with Gasteiger partial charge in [-0.25, -0.2) is 19.4 Å². The van der Waals surface area contributed by atoms with Gasteiger partial charge in [0.1, 0.15) is 37.7 Å². The van der Waals surface area contributed by atoms with Gasteiger partial charge in [0, 0.05) is 62.5 Å². The van der Waals surface area contributed by atoms with E-state index in [2.05, 4.69) is 31.9 Å². The zero-order chi connectivity index (χ0) is 66.4. The van der Waals surface area contributed by atoms with E-state index in [0.29, 0.717) is 73.2 Å². The van der Waals surface area contributed by atoms with Gasteiger partial charge in [-0.2, -0.15) is 0 Å². The number of likely N-dealkylation sites (N-methyl/N-ethyl adjacent to an activating group) is 1. The van der Waals surface area contributed by atoms with Crippen LogP contribution in [-0.4, -0.2) is 155 Å². The Morgan fingerprint density at radius 1 is 0.820 bits per heavy atom. The number of nitrogens with zero attached hydrogens (tertiary/aromatic N) is 3. The highest BCUT2D eigenvalue weighted by Crippen LogP contribution is 2.40. The van der Waals surface area contributed by atoms with Crippen molar-refractivity contribution in [1.29, 1.82) is 0 Å². The van der Waals surface area contributed by atoms with Crippen LogP contribution < -0.4 is 42.2 Å². The molecule has 89 heavy (non-hydrogen) atoms. The molecular weight excluding hydrogens is 1150 g/mol. The molecule has 5 rings (SSSR count). The van der Waals surface area contributed by atoms with Gasteiger partial charge in [-0.1, -0.05) is 54.9 Å².